The van der Waals surface area contributed by atoms with Gasteiger partial charge in [-0.25, -0.2) is 4.99 Å². The summed E-state index contributed by atoms with van der Waals surface area (Å²) in [6.45, 7) is 8.61. The van der Waals surface area contributed by atoms with E-state index in [1.165, 1.54) is 5.56 Å². The Labute approximate surface area is 172 Å². The Morgan fingerprint density at radius 2 is 2.03 bits per heavy atom. The van der Waals surface area contributed by atoms with Crippen LogP contribution in [0.2, 0.25) is 0 Å². The number of hydrogen-bond acceptors (Lipinski definition) is 4. The van der Waals surface area contributed by atoms with Gasteiger partial charge in [-0.05, 0) is 50.6 Å². The molecule has 1 atom stereocenters. The molecule has 0 amide bonds. The first-order chi connectivity index (χ1) is 14.1. The number of fused-ring (bicyclic) bond motifs is 1. The fourth-order valence-electron chi connectivity index (χ4n) is 3.29. The van der Waals surface area contributed by atoms with Crippen molar-refractivity contribution in [3.8, 4) is 17.6 Å². The van der Waals surface area contributed by atoms with Crippen molar-refractivity contribution in [2.24, 2.45) is 4.99 Å². The molecule has 152 valence electrons. The van der Waals surface area contributed by atoms with Crippen LogP contribution in [0.25, 0.3) is 0 Å². The molecule has 1 aliphatic heterocycles. The van der Waals surface area contributed by atoms with Crippen molar-refractivity contribution in [3.63, 3.8) is 0 Å². The molecule has 0 saturated carbocycles. The van der Waals surface area contributed by atoms with Gasteiger partial charge in [-0.2, -0.15) is 5.26 Å². The Morgan fingerprint density at radius 1 is 1.24 bits per heavy atom. The predicted molar refractivity (Wildman–Crippen MR) is 114 cm³/mol. The van der Waals surface area contributed by atoms with E-state index < -0.39 is 0 Å². The van der Waals surface area contributed by atoms with Crippen molar-refractivity contribution < 1.29 is 9.47 Å². The molecule has 0 bridgehead atoms. The molecular formula is C23H28N4O2. The maximum Gasteiger partial charge on any atom is 0.191 e. The summed E-state index contributed by atoms with van der Waals surface area (Å²) in [5.74, 6) is 2.56. The van der Waals surface area contributed by atoms with Crippen molar-refractivity contribution in [2.45, 2.75) is 46.4 Å². The quantitative estimate of drug-likeness (QED) is 0.557. The molecule has 2 aromatic rings. The fourth-order valence-corrected chi connectivity index (χ4v) is 3.29. The van der Waals surface area contributed by atoms with Gasteiger partial charge >= 0.3 is 0 Å². The van der Waals surface area contributed by atoms with Crippen LogP contribution in [0.5, 0.6) is 11.5 Å². The summed E-state index contributed by atoms with van der Waals surface area (Å²) in [6.07, 6.45) is 1.12. The molecule has 1 unspecified atom stereocenters. The third-order valence-corrected chi connectivity index (χ3v) is 4.67. The lowest BCUT2D eigenvalue weighted by molar-refractivity contribution is 0.254. The SMILES string of the molecule is CCNC(=NCc1ccc(C#N)cc1)NCc1cc2c(cc1OCC)CC(C)O2. The van der Waals surface area contributed by atoms with Crippen LogP contribution in [0.15, 0.2) is 41.4 Å². The monoisotopic (exact) mass is 392 g/mol. The maximum absolute atomic E-state index is 8.91. The fraction of sp³-hybridized carbons (Fsp3) is 0.391. The highest BCUT2D eigenvalue weighted by Gasteiger charge is 2.21. The Hall–Kier alpha value is -3.20. The summed E-state index contributed by atoms with van der Waals surface area (Å²) in [7, 11) is 0. The van der Waals surface area contributed by atoms with Crippen LogP contribution >= 0.6 is 0 Å². The van der Waals surface area contributed by atoms with Gasteiger partial charge in [0.25, 0.3) is 0 Å². The molecule has 0 radical (unpaired) electrons. The standard InChI is InChI=1S/C23H28N4O2/c1-4-25-23(26-14-18-8-6-17(13-24)7-9-18)27-15-20-12-22-19(10-16(3)29-22)11-21(20)28-5-2/h6-9,11-12,16H,4-5,10,14-15H2,1-3H3,(H2,25,26,27). The summed E-state index contributed by atoms with van der Waals surface area (Å²) in [6, 6.07) is 13.8. The van der Waals surface area contributed by atoms with Gasteiger partial charge in [-0.1, -0.05) is 12.1 Å². The second-order valence-corrected chi connectivity index (χ2v) is 6.99. The number of guanidine groups is 1. The molecular weight excluding hydrogens is 364 g/mol. The second-order valence-electron chi connectivity index (χ2n) is 6.99. The van der Waals surface area contributed by atoms with Gasteiger partial charge in [0.2, 0.25) is 0 Å². The van der Waals surface area contributed by atoms with E-state index in [1.54, 1.807) is 0 Å². The summed E-state index contributed by atoms with van der Waals surface area (Å²) in [5.41, 5.74) is 3.95. The first-order valence-corrected chi connectivity index (χ1v) is 10.1. The average Bonchev–Trinajstić information content (AvgIpc) is 3.09. The molecule has 29 heavy (non-hydrogen) atoms. The van der Waals surface area contributed by atoms with Gasteiger partial charge in [0, 0.05) is 30.6 Å². The summed E-state index contributed by atoms with van der Waals surface area (Å²) in [5, 5.41) is 15.6. The van der Waals surface area contributed by atoms with Crippen LogP contribution in [0.1, 0.15) is 43.0 Å². The summed E-state index contributed by atoms with van der Waals surface area (Å²) in [4.78, 5) is 4.65. The molecule has 0 aromatic heterocycles. The van der Waals surface area contributed by atoms with E-state index in [2.05, 4.69) is 40.8 Å². The zero-order chi connectivity index (χ0) is 20.6. The van der Waals surface area contributed by atoms with Gasteiger partial charge in [-0.15, -0.1) is 0 Å². The van der Waals surface area contributed by atoms with Crippen molar-refractivity contribution in [3.05, 3.63) is 58.7 Å². The van der Waals surface area contributed by atoms with Gasteiger partial charge in [0.1, 0.15) is 17.6 Å². The van der Waals surface area contributed by atoms with Crippen LogP contribution in [-0.4, -0.2) is 25.2 Å². The zero-order valence-electron chi connectivity index (χ0n) is 17.3. The minimum atomic E-state index is 0.203. The normalized spacial score (nSPS) is 15.2. The molecule has 1 heterocycles. The van der Waals surface area contributed by atoms with Gasteiger partial charge in [-0.3, -0.25) is 0 Å². The largest absolute Gasteiger partial charge is 0.494 e. The molecule has 2 aromatic carbocycles. The number of ether oxygens (including phenoxy) is 2. The van der Waals surface area contributed by atoms with E-state index in [0.717, 1.165) is 41.6 Å². The number of hydrogen-bond donors (Lipinski definition) is 2. The lowest BCUT2D eigenvalue weighted by atomic mass is 10.1. The van der Waals surface area contributed by atoms with Crippen LogP contribution in [-0.2, 0) is 19.5 Å². The first-order valence-electron chi connectivity index (χ1n) is 10.1. The van der Waals surface area contributed by atoms with E-state index in [1.807, 2.05) is 38.1 Å². The highest BCUT2D eigenvalue weighted by Crippen LogP contribution is 2.35. The van der Waals surface area contributed by atoms with Crippen LogP contribution in [0, 0.1) is 11.3 Å². The van der Waals surface area contributed by atoms with Crippen molar-refractivity contribution in [2.75, 3.05) is 13.2 Å². The van der Waals surface area contributed by atoms with E-state index in [-0.39, 0.29) is 6.10 Å². The van der Waals surface area contributed by atoms with Crippen molar-refractivity contribution in [1.29, 1.82) is 5.26 Å². The molecule has 3 rings (SSSR count). The molecule has 1 aliphatic rings. The summed E-state index contributed by atoms with van der Waals surface area (Å²) >= 11 is 0. The topological polar surface area (TPSA) is 78.7 Å². The lowest BCUT2D eigenvalue weighted by Gasteiger charge is -2.15. The first kappa shape index (κ1) is 20.5. The van der Waals surface area contributed by atoms with Gasteiger partial charge in [0.05, 0.1) is 24.8 Å². The van der Waals surface area contributed by atoms with E-state index in [4.69, 9.17) is 14.7 Å². The Balaban J connectivity index is 1.71. The number of rotatable bonds is 7. The zero-order valence-corrected chi connectivity index (χ0v) is 17.3. The molecule has 0 spiro atoms. The third kappa shape index (κ3) is 5.41. The highest BCUT2D eigenvalue weighted by atomic mass is 16.5. The number of nitriles is 1. The van der Waals surface area contributed by atoms with Gasteiger partial charge < -0.3 is 20.1 Å². The van der Waals surface area contributed by atoms with E-state index in [9.17, 15) is 0 Å². The van der Waals surface area contributed by atoms with Crippen LogP contribution in [0.3, 0.4) is 0 Å². The minimum Gasteiger partial charge on any atom is -0.494 e. The molecule has 0 aliphatic carbocycles. The molecule has 0 saturated heterocycles. The van der Waals surface area contributed by atoms with Crippen molar-refractivity contribution in [1.82, 2.24) is 10.6 Å². The lowest BCUT2D eigenvalue weighted by Crippen LogP contribution is -2.36. The van der Waals surface area contributed by atoms with Crippen molar-refractivity contribution >= 4 is 5.96 Å². The second kappa shape index (κ2) is 9.83. The number of aliphatic imine (C=N–C) groups is 1. The smallest absolute Gasteiger partial charge is 0.191 e. The maximum atomic E-state index is 8.91. The molecule has 6 nitrogen and oxygen atoms in total. The number of benzene rings is 2. The average molecular weight is 393 g/mol. The van der Waals surface area contributed by atoms with E-state index >= 15 is 0 Å². The highest BCUT2D eigenvalue weighted by molar-refractivity contribution is 5.79. The number of nitrogens with one attached hydrogen (secondary N) is 2. The number of nitrogens with zero attached hydrogens (tertiary/aromatic N) is 2. The van der Waals surface area contributed by atoms with Crippen LogP contribution < -0.4 is 20.1 Å². The molecule has 2 N–H and O–H groups in total. The Morgan fingerprint density at radius 3 is 2.72 bits per heavy atom. The third-order valence-electron chi connectivity index (χ3n) is 4.67. The van der Waals surface area contributed by atoms with E-state index in [0.29, 0.717) is 25.3 Å². The predicted octanol–water partition coefficient (Wildman–Crippen LogP) is 3.54. The minimum absolute atomic E-state index is 0.203. The van der Waals surface area contributed by atoms with Crippen LogP contribution in [0.4, 0.5) is 0 Å². The van der Waals surface area contributed by atoms with Gasteiger partial charge in [0.15, 0.2) is 5.96 Å². The summed E-state index contributed by atoms with van der Waals surface area (Å²) < 4.78 is 11.8. The Bertz CT molecular complexity index is 900. The molecule has 6 heteroatoms. The Kier molecular flexibility index (Phi) is 6.96. The molecule has 0 fully saturated rings.